The minimum atomic E-state index is -3.73. The summed E-state index contributed by atoms with van der Waals surface area (Å²) in [5.74, 6) is -0.762. The van der Waals surface area contributed by atoms with Crippen LogP contribution in [0.4, 0.5) is 0 Å². The largest absolute Gasteiger partial charge is 0.438 e. The van der Waals surface area contributed by atoms with Crippen molar-refractivity contribution in [2.45, 2.75) is 78.6 Å². The predicted octanol–water partition coefficient (Wildman–Crippen LogP) is 7.11. The molecule has 1 aromatic rings. The molecule has 214 valence electrons. The van der Waals surface area contributed by atoms with Crippen molar-refractivity contribution in [2.75, 3.05) is 26.9 Å². The van der Waals surface area contributed by atoms with Gasteiger partial charge in [-0.3, -0.25) is 18.6 Å². The molecule has 38 heavy (non-hydrogen) atoms. The highest BCUT2D eigenvalue weighted by atomic mass is 31.2. The van der Waals surface area contributed by atoms with E-state index in [9.17, 15) is 18.7 Å². The lowest BCUT2D eigenvalue weighted by molar-refractivity contribution is -0.148. The summed E-state index contributed by atoms with van der Waals surface area (Å²) in [4.78, 5) is 22.2. The van der Waals surface area contributed by atoms with E-state index in [1.807, 2.05) is 6.92 Å². The molecule has 0 radical (unpaired) electrons. The molecule has 12 heteroatoms. The third kappa shape index (κ3) is 11.3. The molecule has 0 spiro atoms. The zero-order chi connectivity index (χ0) is 28.3. The first-order chi connectivity index (χ1) is 17.8. The molecule has 0 saturated carbocycles. The van der Waals surface area contributed by atoms with Crippen LogP contribution in [0, 0.1) is 0 Å². The molecule has 1 aromatic carbocycles. The topological polar surface area (TPSA) is 124 Å². The van der Waals surface area contributed by atoms with Crippen molar-refractivity contribution >= 4 is 27.1 Å². The molecular formula is C26H40O10P2. The Morgan fingerprint density at radius 2 is 1.45 bits per heavy atom. The fourth-order valence-electron chi connectivity index (χ4n) is 4.05. The Kier molecular flexibility index (Phi) is 12.6. The third-order valence-corrected chi connectivity index (χ3v) is 8.01. The van der Waals surface area contributed by atoms with Crippen molar-refractivity contribution in [3.05, 3.63) is 34.9 Å². The van der Waals surface area contributed by atoms with Crippen molar-refractivity contribution in [1.29, 1.82) is 0 Å². The van der Waals surface area contributed by atoms with Gasteiger partial charge in [0.1, 0.15) is 11.5 Å². The van der Waals surface area contributed by atoms with Crippen molar-refractivity contribution in [2.24, 2.45) is 0 Å². The van der Waals surface area contributed by atoms with Crippen LogP contribution in [0.5, 0.6) is 11.5 Å². The molecule has 0 fully saturated rings. The molecule has 1 aliphatic rings. The van der Waals surface area contributed by atoms with Crippen molar-refractivity contribution in [3.63, 3.8) is 0 Å². The molecule has 3 atom stereocenters. The Morgan fingerprint density at radius 3 is 1.89 bits per heavy atom. The van der Waals surface area contributed by atoms with Gasteiger partial charge in [-0.2, -0.15) is 0 Å². The summed E-state index contributed by atoms with van der Waals surface area (Å²) in [7, 11) is -7.45. The van der Waals surface area contributed by atoms with Gasteiger partial charge in [0.25, 0.3) is 0 Å². The van der Waals surface area contributed by atoms with Gasteiger partial charge in [-0.25, -0.2) is 9.13 Å². The Bertz CT molecular complexity index is 1030. The van der Waals surface area contributed by atoms with Crippen LogP contribution in [0.2, 0.25) is 0 Å². The number of rotatable bonds is 15. The summed E-state index contributed by atoms with van der Waals surface area (Å²) >= 11 is 0. The van der Waals surface area contributed by atoms with Crippen LogP contribution >= 0.6 is 15.2 Å². The minimum Gasteiger partial charge on any atom is -0.438 e. The van der Waals surface area contributed by atoms with Gasteiger partial charge in [0.05, 0.1) is 13.3 Å². The van der Waals surface area contributed by atoms with Crippen LogP contribution in [-0.4, -0.2) is 38.9 Å². The van der Waals surface area contributed by atoms with E-state index in [0.29, 0.717) is 12.0 Å². The van der Waals surface area contributed by atoms with Crippen LogP contribution in [0.1, 0.15) is 83.3 Å². The highest BCUT2D eigenvalue weighted by Gasteiger charge is 2.31. The van der Waals surface area contributed by atoms with Gasteiger partial charge < -0.3 is 18.5 Å². The molecule has 10 nitrogen and oxygen atoms in total. The molecule has 0 bridgehead atoms. The summed E-state index contributed by atoms with van der Waals surface area (Å²) in [6.45, 7) is 8.12. The van der Waals surface area contributed by atoms with E-state index >= 15 is 0 Å². The lowest BCUT2D eigenvalue weighted by Gasteiger charge is -2.27. The number of hydrogen-bond acceptors (Lipinski definition) is 10. The van der Waals surface area contributed by atoms with Crippen LogP contribution in [0.25, 0.3) is 0 Å². The van der Waals surface area contributed by atoms with Crippen molar-refractivity contribution in [3.8, 4) is 11.5 Å². The first-order valence-electron chi connectivity index (χ1n) is 12.8. The second-order valence-corrected chi connectivity index (χ2v) is 13.4. The standard InChI is InChI=1S/C26H40O10P2/c1-7-8-9-12-22-15-24(35-37(5,29)33-17-31-20(3)27)26(23-13-10-11-19(2)14-23)25(16-22)36-38(6,30)34-18-32-21(4)28/h14-16,23H,7-13,17-18H2,1-6H3. The fraction of sp³-hybridized carbons (Fsp3) is 0.615. The van der Waals surface area contributed by atoms with Gasteiger partial charge >= 0.3 is 27.1 Å². The third-order valence-electron chi connectivity index (χ3n) is 5.80. The Morgan fingerprint density at radius 1 is 0.921 bits per heavy atom. The van der Waals surface area contributed by atoms with Gasteiger partial charge in [-0.05, 0) is 56.7 Å². The summed E-state index contributed by atoms with van der Waals surface area (Å²) in [5, 5.41) is 0. The van der Waals surface area contributed by atoms with E-state index in [-0.39, 0.29) is 17.4 Å². The second-order valence-electron chi connectivity index (χ2n) is 9.47. The first-order valence-corrected chi connectivity index (χ1v) is 16.7. The maximum atomic E-state index is 13.2. The van der Waals surface area contributed by atoms with Gasteiger partial charge in [0.2, 0.25) is 13.6 Å². The molecule has 0 N–H and O–H groups in total. The van der Waals surface area contributed by atoms with Crippen LogP contribution < -0.4 is 9.05 Å². The Balaban J connectivity index is 2.54. The average Bonchev–Trinajstić information content (AvgIpc) is 2.77. The monoisotopic (exact) mass is 574 g/mol. The number of carbonyl (C=O) groups excluding carboxylic acids is 2. The maximum Gasteiger partial charge on any atom is 0.379 e. The second kappa shape index (κ2) is 14.9. The summed E-state index contributed by atoms with van der Waals surface area (Å²) in [6.07, 6.45) is 8.35. The molecule has 0 amide bonds. The van der Waals surface area contributed by atoms with Gasteiger partial charge in [-0.1, -0.05) is 31.4 Å². The SMILES string of the molecule is CCCCCc1cc(OP(C)(=O)OCOC(C)=O)c(C2C=C(C)CCC2)c(OP(C)(=O)OCOC(C)=O)c1. The molecule has 1 aliphatic carbocycles. The maximum absolute atomic E-state index is 13.2. The van der Waals surface area contributed by atoms with Crippen LogP contribution in [-0.2, 0) is 43.7 Å². The molecule has 2 rings (SSSR count). The number of benzene rings is 1. The lowest BCUT2D eigenvalue weighted by atomic mass is 9.84. The number of aryl methyl sites for hydroxylation is 1. The van der Waals surface area contributed by atoms with Gasteiger partial charge in [0.15, 0.2) is 0 Å². The molecule has 0 aliphatic heterocycles. The van der Waals surface area contributed by atoms with Gasteiger partial charge in [-0.15, -0.1) is 0 Å². The van der Waals surface area contributed by atoms with E-state index in [0.717, 1.165) is 44.1 Å². The number of carbonyl (C=O) groups is 2. The fourth-order valence-corrected chi connectivity index (χ4v) is 5.66. The highest BCUT2D eigenvalue weighted by molar-refractivity contribution is 7.53. The van der Waals surface area contributed by atoms with Crippen LogP contribution in [0.15, 0.2) is 23.8 Å². The van der Waals surface area contributed by atoms with Gasteiger partial charge in [0, 0.05) is 25.3 Å². The number of hydrogen-bond donors (Lipinski definition) is 0. The van der Waals surface area contributed by atoms with E-state index in [2.05, 4.69) is 13.0 Å². The zero-order valence-electron chi connectivity index (χ0n) is 23.2. The summed E-state index contributed by atoms with van der Waals surface area (Å²) < 4.78 is 58.4. The normalized spacial score (nSPS) is 18.5. The highest BCUT2D eigenvalue weighted by Crippen LogP contribution is 2.54. The summed E-state index contributed by atoms with van der Waals surface area (Å²) in [6, 6.07) is 3.61. The first kappa shape index (κ1) is 32.1. The number of allylic oxidation sites excluding steroid dienone is 2. The molecule has 0 aromatic heterocycles. The number of unbranched alkanes of at least 4 members (excludes halogenated alkanes) is 2. The molecule has 0 saturated heterocycles. The Hall–Kier alpha value is -2.12. The van der Waals surface area contributed by atoms with E-state index < -0.39 is 40.7 Å². The molecule has 3 unspecified atom stereocenters. The predicted molar refractivity (Wildman–Crippen MR) is 144 cm³/mol. The zero-order valence-corrected chi connectivity index (χ0v) is 24.9. The summed E-state index contributed by atoms with van der Waals surface area (Å²) in [5.41, 5.74) is 2.59. The van der Waals surface area contributed by atoms with E-state index in [4.69, 9.17) is 27.6 Å². The molecule has 0 heterocycles. The number of ether oxygens (including phenoxy) is 2. The quantitative estimate of drug-likeness (QED) is 0.0703. The minimum absolute atomic E-state index is 0.166. The average molecular weight is 575 g/mol. The van der Waals surface area contributed by atoms with Crippen LogP contribution in [0.3, 0.4) is 0 Å². The van der Waals surface area contributed by atoms with Crippen molar-refractivity contribution < 1.29 is 46.3 Å². The number of esters is 2. The van der Waals surface area contributed by atoms with E-state index in [1.165, 1.54) is 32.8 Å². The van der Waals surface area contributed by atoms with Crippen molar-refractivity contribution in [1.82, 2.24) is 0 Å². The smallest absolute Gasteiger partial charge is 0.379 e. The molecular weight excluding hydrogens is 534 g/mol. The van der Waals surface area contributed by atoms with E-state index in [1.54, 1.807) is 12.1 Å². The lowest BCUT2D eigenvalue weighted by Crippen LogP contribution is -2.11. The Labute approximate surface area is 225 Å².